The van der Waals surface area contributed by atoms with Gasteiger partial charge in [-0.2, -0.15) is 0 Å². The van der Waals surface area contributed by atoms with E-state index in [4.69, 9.17) is 5.11 Å². The number of aliphatic carboxylic acids is 1. The molecule has 5 heteroatoms. The molecule has 0 aliphatic rings. The van der Waals surface area contributed by atoms with Gasteiger partial charge < -0.3 is 10.4 Å². The van der Waals surface area contributed by atoms with E-state index in [2.05, 4.69) is 5.32 Å². The van der Waals surface area contributed by atoms with Crippen LogP contribution in [-0.4, -0.2) is 48.1 Å². The molecule has 0 rings (SSSR count). The fraction of sp³-hybridized carbons (Fsp3) is 0.800. The molecule has 0 bridgehead atoms. The molecule has 0 fully saturated rings. The third-order valence-electron chi connectivity index (χ3n) is 2.19. The molecule has 0 aliphatic carbocycles. The van der Waals surface area contributed by atoms with E-state index in [1.165, 1.54) is 0 Å². The number of amides is 1. The minimum atomic E-state index is -0.793. The molecule has 0 radical (unpaired) electrons. The topological polar surface area (TPSA) is 69.6 Å². The zero-order chi connectivity index (χ0) is 11.8. The summed E-state index contributed by atoms with van der Waals surface area (Å²) in [5.41, 5.74) is 0. The number of nitrogens with zero attached hydrogens (tertiary/aromatic N) is 1. The molecule has 0 unspecified atom stereocenters. The Kier molecular flexibility index (Phi) is 6.70. The van der Waals surface area contributed by atoms with Gasteiger partial charge in [0.2, 0.25) is 5.91 Å². The Morgan fingerprint density at radius 1 is 1.40 bits per heavy atom. The Bertz CT molecular complexity index is 217. The first-order valence-corrected chi connectivity index (χ1v) is 5.13. The molecule has 0 aromatic rings. The summed E-state index contributed by atoms with van der Waals surface area (Å²) in [4.78, 5) is 23.4. The van der Waals surface area contributed by atoms with Crippen molar-refractivity contribution in [1.82, 2.24) is 10.2 Å². The minimum Gasteiger partial charge on any atom is -0.481 e. The van der Waals surface area contributed by atoms with Crippen molar-refractivity contribution in [3.8, 4) is 0 Å². The Labute approximate surface area is 90.5 Å². The first-order chi connectivity index (χ1) is 6.97. The van der Waals surface area contributed by atoms with Crippen molar-refractivity contribution in [3.05, 3.63) is 0 Å². The molecule has 0 aromatic carbocycles. The van der Waals surface area contributed by atoms with Crippen LogP contribution in [0.3, 0.4) is 0 Å². The second kappa shape index (κ2) is 7.23. The average Bonchev–Trinajstić information content (AvgIpc) is 2.15. The molecule has 0 spiro atoms. The third kappa shape index (κ3) is 6.90. The predicted octanol–water partition coefficient (Wildman–Crippen LogP) is 0.308. The summed E-state index contributed by atoms with van der Waals surface area (Å²) in [5.74, 6) is -0.835. The van der Waals surface area contributed by atoms with Crippen LogP contribution in [-0.2, 0) is 9.59 Å². The number of carboxylic acid groups (broad SMARTS) is 1. The molecule has 0 saturated heterocycles. The van der Waals surface area contributed by atoms with Gasteiger partial charge in [-0.25, -0.2) is 0 Å². The molecule has 0 saturated carbocycles. The molecule has 88 valence electrons. The van der Waals surface area contributed by atoms with E-state index < -0.39 is 5.97 Å². The van der Waals surface area contributed by atoms with Crippen molar-refractivity contribution >= 4 is 11.9 Å². The maximum Gasteiger partial charge on any atom is 0.303 e. The lowest BCUT2D eigenvalue weighted by atomic mass is 10.2. The fourth-order valence-electron chi connectivity index (χ4n) is 1.22. The van der Waals surface area contributed by atoms with Gasteiger partial charge in [0, 0.05) is 19.5 Å². The third-order valence-corrected chi connectivity index (χ3v) is 2.19. The van der Waals surface area contributed by atoms with Gasteiger partial charge in [-0.15, -0.1) is 0 Å². The van der Waals surface area contributed by atoms with Crippen LogP contribution in [0.1, 0.15) is 26.7 Å². The quantitative estimate of drug-likeness (QED) is 0.642. The summed E-state index contributed by atoms with van der Waals surface area (Å²) < 4.78 is 0. The zero-order valence-corrected chi connectivity index (χ0v) is 9.62. The van der Waals surface area contributed by atoms with E-state index in [0.29, 0.717) is 19.5 Å². The van der Waals surface area contributed by atoms with E-state index in [0.717, 1.165) is 0 Å². The number of hydrogen-bond acceptors (Lipinski definition) is 3. The van der Waals surface area contributed by atoms with Crippen LogP contribution < -0.4 is 5.32 Å². The lowest BCUT2D eigenvalue weighted by molar-refractivity contribution is -0.137. The number of likely N-dealkylation sites (N-methyl/N-ethyl adjacent to an activating group) is 1. The highest BCUT2D eigenvalue weighted by Crippen LogP contribution is 2.01. The summed E-state index contributed by atoms with van der Waals surface area (Å²) in [6, 6.07) is 0.246. The van der Waals surface area contributed by atoms with Crippen molar-refractivity contribution in [2.24, 2.45) is 0 Å². The van der Waals surface area contributed by atoms with Crippen molar-refractivity contribution in [1.29, 1.82) is 0 Å². The first-order valence-electron chi connectivity index (χ1n) is 5.13. The highest BCUT2D eigenvalue weighted by Gasteiger charge is 2.13. The highest BCUT2D eigenvalue weighted by molar-refractivity contribution is 5.77. The van der Waals surface area contributed by atoms with Crippen LogP contribution in [0.15, 0.2) is 0 Å². The maximum absolute atomic E-state index is 11.2. The average molecular weight is 216 g/mol. The number of carboxylic acids is 1. The van der Waals surface area contributed by atoms with E-state index >= 15 is 0 Å². The van der Waals surface area contributed by atoms with Crippen LogP contribution in [0.25, 0.3) is 0 Å². The molecule has 0 aromatic heterocycles. The summed E-state index contributed by atoms with van der Waals surface area (Å²) in [7, 11) is 1.60. The Morgan fingerprint density at radius 3 is 2.40 bits per heavy atom. The summed E-state index contributed by atoms with van der Waals surface area (Å²) >= 11 is 0. The smallest absolute Gasteiger partial charge is 0.303 e. The minimum absolute atomic E-state index is 0.0426. The normalized spacial score (nSPS) is 10.7. The van der Waals surface area contributed by atoms with E-state index in [1.807, 2.05) is 18.7 Å². The second-order valence-corrected chi connectivity index (χ2v) is 3.73. The largest absolute Gasteiger partial charge is 0.481 e. The van der Waals surface area contributed by atoms with Crippen molar-refractivity contribution < 1.29 is 14.7 Å². The van der Waals surface area contributed by atoms with Gasteiger partial charge in [-0.05, 0) is 26.8 Å². The lowest BCUT2D eigenvalue weighted by Gasteiger charge is -2.25. The van der Waals surface area contributed by atoms with Crippen LogP contribution in [0.4, 0.5) is 0 Å². The maximum atomic E-state index is 11.2. The summed E-state index contributed by atoms with van der Waals surface area (Å²) in [5, 5.41) is 11.0. The van der Waals surface area contributed by atoms with Crippen LogP contribution in [0, 0.1) is 0 Å². The summed E-state index contributed by atoms with van der Waals surface area (Å²) in [6.07, 6.45) is 0.724. The predicted molar refractivity (Wildman–Crippen MR) is 57.6 cm³/mol. The van der Waals surface area contributed by atoms with Gasteiger partial charge >= 0.3 is 5.97 Å². The number of carbonyl (C=O) groups excluding carboxylic acids is 1. The first kappa shape index (κ1) is 13.9. The van der Waals surface area contributed by atoms with Gasteiger partial charge in [-0.3, -0.25) is 14.5 Å². The van der Waals surface area contributed by atoms with Gasteiger partial charge in [-0.1, -0.05) is 0 Å². The van der Waals surface area contributed by atoms with Gasteiger partial charge in [0.1, 0.15) is 0 Å². The van der Waals surface area contributed by atoms with Gasteiger partial charge in [0.25, 0.3) is 0 Å². The van der Waals surface area contributed by atoms with Gasteiger partial charge in [0.05, 0.1) is 6.54 Å². The zero-order valence-electron chi connectivity index (χ0n) is 9.62. The second-order valence-electron chi connectivity index (χ2n) is 3.73. The highest BCUT2D eigenvalue weighted by atomic mass is 16.4. The molecule has 0 atom stereocenters. The Balaban J connectivity index is 3.94. The molecule has 0 heterocycles. The van der Waals surface area contributed by atoms with E-state index in [9.17, 15) is 9.59 Å². The number of hydrogen-bond donors (Lipinski definition) is 2. The summed E-state index contributed by atoms with van der Waals surface area (Å²) in [6.45, 7) is 4.94. The van der Waals surface area contributed by atoms with Crippen LogP contribution in [0.5, 0.6) is 0 Å². The number of nitrogens with one attached hydrogen (secondary N) is 1. The number of rotatable bonds is 7. The van der Waals surface area contributed by atoms with Crippen LogP contribution >= 0.6 is 0 Å². The Hall–Kier alpha value is -1.10. The molecule has 0 aliphatic heterocycles. The SMILES string of the molecule is CNC(=O)CN(CCCC(=O)O)C(C)C. The monoisotopic (exact) mass is 216 g/mol. The standard InChI is InChI=1S/C10H20N2O3/c1-8(2)12(7-9(13)11-3)6-4-5-10(14)15/h8H,4-7H2,1-3H3,(H,11,13)(H,14,15). The molecular formula is C10H20N2O3. The van der Waals surface area contributed by atoms with Gasteiger partial charge in [0.15, 0.2) is 0 Å². The number of carbonyl (C=O) groups is 2. The van der Waals surface area contributed by atoms with Crippen molar-refractivity contribution in [2.75, 3.05) is 20.1 Å². The van der Waals surface area contributed by atoms with Crippen molar-refractivity contribution in [2.45, 2.75) is 32.7 Å². The molecule has 5 nitrogen and oxygen atoms in total. The molecule has 1 amide bonds. The molecule has 2 N–H and O–H groups in total. The van der Waals surface area contributed by atoms with Crippen molar-refractivity contribution in [3.63, 3.8) is 0 Å². The van der Waals surface area contributed by atoms with Crippen LogP contribution in [0.2, 0.25) is 0 Å². The molecular weight excluding hydrogens is 196 g/mol. The lowest BCUT2D eigenvalue weighted by Crippen LogP contribution is -2.40. The van der Waals surface area contributed by atoms with E-state index in [-0.39, 0.29) is 18.4 Å². The van der Waals surface area contributed by atoms with E-state index in [1.54, 1.807) is 7.05 Å². The Morgan fingerprint density at radius 2 is 2.00 bits per heavy atom. The fourth-order valence-corrected chi connectivity index (χ4v) is 1.22. The molecule has 15 heavy (non-hydrogen) atoms.